The highest BCUT2D eigenvalue weighted by Gasteiger charge is 2.24. The van der Waals surface area contributed by atoms with Gasteiger partial charge in [-0.15, -0.1) is 0 Å². The Hall–Kier alpha value is -2.71. The number of carbonyl (C=O) groups excluding carboxylic acids is 2. The van der Waals surface area contributed by atoms with E-state index in [9.17, 15) is 18.0 Å². The van der Waals surface area contributed by atoms with Gasteiger partial charge in [0, 0.05) is 19.8 Å². The Morgan fingerprint density at radius 2 is 1.61 bits per heavy atom. The molecule has 31 heavy (non-hydrogen) atoms. The number of carbonyl (C=O) groups is 2. The van der Waals surface area contributed by atoms with Gasteiger partial charge in [-0.25, -0.2) is 17.5 Å². The third kappa shape index (κ3) is 5.92. The summed E-state index contributed by atoms with van der Waals surface area (Å²) in [5, 5.41) is 2.72. The van der Waals surface area contributed by atoms with E-state index in [-0.39, 0.29) is 15.9 Å². The average molecular weight is 447 g/mol. The lowest BCUT2D eigenvalue weighted by Gasteiger charge is -2.19. The quantitative estimate of drug-likeness (QED) is 0.683. The van der Waals surface area contributed by atoms with Crippen molar-refractivity contribution in [3.05, 3.63) is 59.2 Å². The highest BCUT2D eigenvalue weighted by atomic mass is 32.2. The summed E-state index contributed by atoms with van der Waals surface area (Å²) < 4.78 is 31.1. The van der Waals surface area contributed by atoms with Gasteiger partial charge in [-0.05, 0) is 54.7 Å². The molecule has 0 aliphatic heterocycles. The molecule has 1 atom stereocenters. The van der Waals surface area contributed by atoms with Crippen LogP contribution in [0.3, 0.4) is 0 Å². The molecule has 0 bridgehead atoms. The highest BCUT2D eigenvalue weighted by Crippen LogP contribution is 2.24. The van der Waals surface area contributed by atoms with Crippen molar-refractivity contribution in [3.8, 4) is 0 Å². The van der Waals surface area contributed by atoms with E-state index >= 15 is 0 Å². The number of nitrogens with one attached hydrogen (secondary N) is 1. The smallest absolute Gasteiger partial charge is 0.339 e. The van der Waals surface area contributed by atoms with Crippen LogP contribution >= 0.6 is 0 Å². The van der Waals surface area contributed by atoms with Crippen LogP contribution in [0.5, 0.6) is 0 Å². The molecule has 1 unspecified atom stereocenters. The van der Waals surface area contributed by atoms with E-state index in [0.717, 1.165) is 9.87 Å². The van der Waals surface area contributed by atoms with Crippen molar-refractivity contribution in [2.75, 3.05) is 19.4 Å². The fourth-order valence-electron chi connectivity index (χ4n) is 2.77. The Morgan fingerprint density at radius 1 is 1.03 bits per heavy atom. The number of esters is 1. The first kappa shape index (κ1) is 24.6. The molecule has 7 nitrogen and oxygen atoms in total. The summed E-state index contributed by atoms with van der Waals surface area (Å²) in [5.41, 5.74) is 2.37. The van der Waals surface area contributed by atoms with Crippen LogP contribution in [0.4, 0.5) is 5.69 Å². The lowest BCUT2D eigenvalue weighted by Crippen LogP contribution is -2.30. The zero-order chi connectivity index (χ0) is 23.6. The van der Waals surface area contributed by atoms with E-state index < -0.39 is 28.0 Å². The molecular formula is C23H30N2O5S. The molecule has 0 heterocycles. The van der Waals surface area contributed by atoms with Crippen molar-refractivity contribution >= 4 is 27.6 Å². The van der Waals surface area contributed by atoms with Crippen LogP contribution in [0.25, 0.3) is 0 Å². The Bertz CT molecular complexity index is 1070. The normalized spacial score (nSPS) is 13.0. The summed E-state index contributed by atoms with van der Waals surface area (Å²) in [6.07, 6.45) is -1.07. The fraction of sp³-hybridized carbons (Fsp3) is 0.391. The number of aryl methyl sites for hydroxylation is 1. The molecule has 0 spiro atoms. The number of hydrogen-bond donors (Lipinski definition) is 1. The molecule has 1 N–H and O–H groups in total. The molecule has 168 valence electrons. The summed E-state index contributed by atoms with van der Waals surface area (Å²) in [4.78, 5) is 25.1. The van der Waals surface area contributed by atoms with E-state index in [1.165, 1.54) is 39.2 Å². The number of amides is 1. The summed E-state index contributed by atoms with van der Waals surface area (Å²) in [5.74, 6) is -1.24. The molecular weight excluding hydrogens is 416 g/mol. The van der Waals surface area contributed by atoms with Crippen LogP contribution in [0.15, 0.2) is 47.4 Å². The topological polar surface area (TPSA) is 92.8 Å². The van der Waals surface area contributed by atoms with Crippen LogP contribution < -0.4 is 5.32 Å². The molecule has 0 aliphatic carbocycles. The summed E-state index contributed by atoms with van der Waals surface area (Å²) in [6, 6.07) is 11.7. The molecule has 0 aliphatic rings. The lowest BCUT2D eigenvalue weighted by atomic mass is 9.87. The van der Waals surface area contributed by atoms with Gasteiger partial charge in [0.2, 0.25) is 10.0 Å². The molecule has 2 aromatic rings. The maximum atomic E-state index is 12.6. The zero-order valence-electron chi connectivity index (χ0n) is 19.0. The van der Waals surface area contributed by atoms with Crippen molar-refractivity contribution in [1.82, 2.24) is 4.31 Å². The minimum absolute atomic E-state index is 0.00216. The Labute approximate surface area is 184 Å². The van der Waals surface area contributed by atoms with Gasteiger partial charge >= 0.3 is 5.97 Å². The summed E-state index contributed by atoms with van der Waals surface area (Å²) >= 11 is 0. The van der Waals surface area contributed by atoms with E-state index in [0.29, 0.717) is 11.3 Å². The predicted molar refractivity (Wildman–Crippen MR) is 121 cm³/mol. The summed E-state index contributed by atoms with van der Waals surface area (Å²) in [6.45, 7) is 9.44. The molecule has 2 aromatic carbocycles. The molecule has 8 heteroatoms. The minimum Gasteiger partial charge on any atom is -0.449 e. The first-order valence-electron chi connectivity index (χ1n) is 9.89. The van der Waals surface area contributed by atoms with Gasteiger partial charge in [-0.1, -0.05) is 39.0 Å². The van der Waals surface area contributed by atoms with Crippen molar-refractivity contribution in [2.45, 2.75) is 51.0 Å². The second kappa shape index (κ2) is 9.20. The number of sulfonamides is 1. The zero-order valence-corrected chi connectivity index (χ0v) is 19.8. The van der Waals surface area contributed by atoms with Gasteiger partial charge in [-0.2, -0.15) is 0 Å². The maximum Gasteiger partial charge on any atom is 0.339 e. The number of benzene rings is 2. The Morgan fingerprint density at radius 3 is 2.13 bits per heavy atom. The monoisotopic (exact) mass is 446 g/mol. The second-order valence-corrected chi connectivity index (χ2v) is 10.8. The maximum absolute atomic E-state index is 12.6. The van der Waals surface area contributed by atoms with Crippen LogP contribution in [-0.4, -0.2) is 44.8 Å². The van der Waals surface area contributed by atoms with Gasteiger partial charge in [-0.3, -0.25) is 4.79 Å². The molecule has 0 saturated heterocycles. The van der Waals surface area contributed by atoms with Gasteiger partial charge in [0.05, 0.1) is 10.5 Å². The standard InChI is InChI=1S/C23H30N2O5S/c1-15-8-13-19(31(28,29)25(6)7)14-20(15)22(27)30-16(2)21(26)24-18-11-9-17(10-12-18)23(3,4)5/h8-14,16H,1-7H3,(H,24,26). The number of nitrogens with zero attached hydrogens (tertiary/aromatic N) is 1. The third-order valence-electron chi connectivity index (χ3n) is 4.88. The lowest BCUT2D eigenvalue weighted by molar-refractivity contribution is -0.123. The van der Waals surface area contributed by atoms with Crippen LogP contribution in [-0.2, 0) is 25.0 Å². The first-order valence-corrected chi connectivity index (χ1v) is 11.3. The number of hydrogen-bond acceptors (Lipinski definition) is 5. The Kier molecular flexibility index (Phi) is 7.28. The van der Waals surface area contributed by atoms with E-state index in [1.807, 2.05) is 12.1 Å². The largest absolute Gasteiger partial charge is 0.449 e. The van der Waals surface area contributed by atoms with Crippen LogP contribution in [0.2, 0.25) is 0 Å². The van der Waals surface area contributed by atoms with E-state index in [2.05, 4.69) is 26.1 Å². The number of anilines is 1. The molecule has 0 fully saturated rings. The van der Waals surface area contributed by atoms with Crippen LogP contribution in [0, 0.1) is 6.92 Å². The predicted octanol–water partition coefficient (Wildman–Crippen LogP) is 3.73. The van der Waals surface area contributed by atoms with Gasteiger partial charge in [0.1, 0.15) is 0 Å². The van der Waals surface area contributed by atoms with Gasteiger partial charge in [0.15, 0.2) is 6.10 Å². The summed E-state index contributed by atoms with van der Waals surface area (Å²) in [7, 11) is -0.882. The molecule has 0 saturated carbocycles. The van der Waals surface area contributed by atoms with Crippen molar-refractivity contribution < 1.29 is 22.7 Å². The average Bonchev–Trinajstić information content (AvgIpc) is 2.67. The van der Waals surface area contributed by atoms with Crippen molar-refractivity contribution in [3.63, 3.8) is 0 Å². The first-order chi connectivity index (χ1) is 14.2. The molecule has 0 radical (unpaired) electrons. The number of ether oxygens (including phenoxy) is 1. The van der Waals surface area contributed by atoms with Crippen LogP contribution in [0.1, 0.15) is 49.2 Å². The third-order valence-corrected chi connectivity index (χ3v) is 6.69. The van der Waals surface area contributed by atoms with Crippen molar-refractivity contribution in [1.29, 1.82) is 0 Å². The van der Waals surface area contributed by atoms with E-state index in [4.69, 9.17) is 4.74 Å². The molecule has 1 amide bonds. The SMILES string of the molecule is Cc1ccc(S(=O)(=O)N(C)C)cc1C(=O)OC(C)C(=O)Nc1ccc(C(C)(C)C)cc1. The molecule has 0 aromatic heterocycles. The highest BCUT2D eigenvalue weighted by molar-refractivity contribution is 7.89. The fourth-order valence-corrected chi connectivity index (χ4v) is 3.70. The van der Waals surface area contributed by atoms with E-state index in [1.54, 1.807) is 19.1 Å². The van der Waals surface area contributed by atoms with Crippen molar-refractivity contribution in [2.24, 2.45) is 0 Å². The Balaban J connectivity index is 2.12. The minimum atomic E-state index is -3.70. The van der Waals surface area contributed by atoms with Gasteiger partial charge < -0.3 is 10.1 Å². The second-order valence-electron chi connectivity index (χ2n) is 8.63. The molecule has 2 rings (SSSR count). The van der Waals surface area contributed by atoms with Gasteiger partial charge in [0.25, 0.3) is 5.91 Å². The number of rotatable bonds is 6.